The van der Waals surface area contributed by atoms with E-state index in [1.54, 1.807) is 0 Å². The molecule has 3 heteroatoms. The van der Waals surface area contributed by atoms with E-state index in [2.05, 4.69) is 34.2 Å². The lowest BCUT2D eigenvalue weighted by atomic mass is 10.2. The fraction of sp³-hybridized carbons (Fsp3) is 0.182. The van der Waals surface area contributed by atoms with Gasteiger partial charge in [0.15, 0.2) is 0 Å². The number of hydrogen-bond acceptors (Lipinski definition) is 2. The molecule has 0 bridgehead atoms. The van der Waals surface area contributed by atoms with Crippen LogP contribution in [0, 0.1) is 0 Å². The third-order valence-electron chi connectivity index (χ3n) is 2.35. The van der Waals surface area contributed by atoms with Crippen LogP contribution in [0.15, 0.2) is 35.3 Å². The molecule has 2 nitrogen and oxygen atoms in total. The van der Waals surface area contributed by atoms with Crippen LogP contribution in [0.2, 0.25) is 0 Å². The van der Waals surface area contributed by atoms with E-state index in [1.807, 2.05) is 17.8 Å². The van der Waals surface area contributed by atoms with Gasteiger partial charge in [-0.05, 0) is 12.1 Å². The van der Waals surface area contributed by atoms with Crippen molar-refractivity contribution in [3.63, 3.8) is 0 Å². The smallest absolute Gasteiger partial charge is 0.114 e. The molecule has 0 amide bonds. The van der Waals surface area contributed by atoms with Crippen LogP contribution in [0.3, 0.4) is 0 Å². The van der Waals surface area contributed by atoms with Gasteiger partial charge in [-0.15, -0.1) is 11.8 Å². The van der Waals surface area contributed by atoms with Gasteiger partial charge in [-0.3, -0.25) is 4.99 Å². The summed E-state index contributed by atoms with van der Waals surface area (Å²) in [7, 11) is 0. The predicted molar refractivity (Wildman–Crippen MR) is 62.2 cm³/mol. The molecule has 0 saturated heterocycles. The molecule has 0 aliphatic carbocycles. The number of aromatic amines is 1. The summed E-state index contributed by atoms with van der Waals surface area (Å²) in [5.41, 5.74) is 2.35. The monoisotopic (exact) mass is 202 g/mol. The standard InChI is InChI=1S/C11H10N2S/c1-2-4-9-8(3-1)7-10(13-9)11-12-5-6-14-11/h1-4,7,13H,5-6H2. The van der Waals surface area contributed by atoms with Crippen molar-refractivity contribution < 1.29 is 0 Å². The number of aliphatic imine (C=N–C) groups is 1. The first kappa shape index (κ1) is 8.12. The fourth-order valence-corrected chi connectivity index (χ4v) is 2.51. The van der Waals surface area contributed by atoms with Gasteiger partial charge in [-0.25, -0.2) is 0 Å². The van der Waals surface area contributed by atoms with E-state index in [4.69, 9.17) is 0 Å². The Labute approximate surface area is 86.4 Å². The molecule has 0 radical (unpaired) electrons. The van der Waals surface area contributed by atoms with Gasteiger partial charge in [0.05, 0.1) is 5.69 Å². The van der Waals surface area contributed by atoms with Gasteiger partial charge >= 0.3 is 0 Å². The summed E-state index contributed by atoms with van der Waals surface area (Å²) in [5, 5.41) is 2.42. The van der Waals surface area contributed by atoms with Crippen molar-refractivity contribution in [2.24, 2.45) is 4.99 Å². The van der Waals surface area contributed by atoms with Crippen LogP contribution in [-0.4, -0.2) is 22.3 Å². The summed E-state index contributed by atoms with van der Waals surface area (Å²) in [6, 6.07) is 10.5. The Balaban J connectivity index is 2.14. The molecule has 70 valence electrons. The van der Waals surface area contributed by atoms with Crippen molar-refractivity contribution in [2.75, 3.05) is 12.3 Å². The quantitative estimate of drug-likeness (QED) is 0.756. The van der Waals surface area contributed by atoms with Crippen molar-refractivity contribution in [3.05, 3.63) is 36.0 Å². The molecule has 3 rings (SSSR count). The maximum atomic E-state index is 4.45. The summed E-state index contributed by atoms with van der Waals surface area (Å²) < 4.78 is 0. The van der Waals surface area contributed by atoms with Crippen LogP contribution < -0.4 is 0 Å². The van der Waals surface area contributed by atoms with E-state index in [0.29, 0.717) is 0 Å². The van der Waals surface area contributed by atoms with E-state index < -0.39 is 0 Å². The lowest BCUT2D eigenvalue weighted by Crippen LogP contribution is -1.90. The SMILES string of the molecule is c1ccc2[nH]c(C3=NCCS3)cc2c1. The fourth-order valence-electron chi connectivity index (χ4n) is 1.69. The maximum Gasteiger partial charge on any atom is 0.114 e. The highest BCUT2D eigenvalue weighted by atomic mass is 32.2. The number of H-pyrrole nitrogens is 1. The van der Waals surface area contributed by atoms with Crippen LogP contribution in [0.4, 0.5) is 0 Å². The Bertz CT molecular complexity index is 466. The third kappa shape index (κ3) is 1.24. The second-order valence-corrected chi connectivity index (χ2v) is 4.39. The summed E-state index contributed by atoms with van der Waals surface area (Å²) in [6.45, 7) is 0.954. The molecule has 14 heavy (non-hydrogen) atoms. The Morgan fingerprint density at radius 1 is 1.29 bits per heavy atom. The number of nitrogens with zero attached hydrogens (tertiary/aromatic N) is 1. The van der Waals surface area contributed by atoms with Crippen molar-refractivity contribution in [1.29, 1.82) is 0 Å². The highest BCUT2D eigenvalue weighted by molar-refractivity contribution is 8.14. The highest BCUT2D eigenvalue weighted by Crippen LogP contribution is 2.22. The Hall–Kier alpha value is -1.22. The van der Waals surface area contributed by atoms with E-state index >= 15 is 0 Å². The van der Waals surface area contributed by atoms with E-state index in [-0.39, 0.29) is 0 Å². The molecule has 2 heterocycles. The highest BCUT2D eigenvalue weighted by Gasteiger charge is 2.11. The zero-order chi connectivity index (χ0) is 9.38. The Kier molecular flexibility index (Phi) is 1.84. The molecule has 1 N–H and O–H groups in total. The molecular weight excluding hydrogens is 192 g/mol. The zero-order valence-corrected chi connectivity index (χ0v) is 8.47. The number of benzene rings is 1. The molecular formula is C11H10N2S. The van der Waals surface area contributed by atoms with Crippen molar-refractivity contribution in [2.45, 2.75) is 0 Å². The summed E-state index contributed by atoms with van der Waals surface area (Å²) in [5.74, 6) is 1.12. The van der Waals surface area contributed by atoms with Crippen LogP contribution in [-0.2, 0) is 0 Å². The number of hydrogen-bond donors (Lipinski definition) is 1. The molecule has 2 aromatic rings. The van der Waals surface area contributed by atoms with Crippen molar-refractivity contribution >= 4 is 27.7 Å². The van der Waals surface area contributed by atoms with Crippen molar-refractivity contribution in [1.82, 2.24) is 4.98 Å². The van der Waals surface area contributed by atoms with Crippen LogP contribution >= 0.6 is 11.8 Å². The van der Waals surface area contributed by atoms with Gasteiger partial charge in [0.1, 0.15) is 5.04 Å². The molecule has 1 aromatic carbocycles. The first-order valence-corrected chi connectivity index (χ1v) is 5.67. The third-order valence-corrected chi connectivity index (χ3v) is 3.36. The molecule has 0 unspecified atom stereocenters. The van der Waals surface area contributed by atoms with E-state index in [1.165, 1.54) is 10.9 Å². The van der Waals surface area contributed by atoms with Gasteiger partial charge in [0.2, 0.25) is 0 Å². The summed E-state index contributed by atoms with van der Waals surface area (Å²) >= 11 is 1.83. The summed E-state index contributed by atoms with van der Waals surface area (Å²) in [6.07, 6.45) is 0. The molecule has 0 spiro atoms. The minimum atomic E-state index is 0.954. The number of fused-ring (bicyclic) bond motifs is 1. The van der Waals surface area contributed by atoms with E-state index in [0.717, 1.165) is 23.0 Å². The van der Waals surface area contributed by atoms with Gasteiger partial charge in [-0.2, -0.15) is 0 Å². The average molecular weight is 202 g/mol. The number of rotatable bonds is 1. The van der Waals surface area contributed by atoms with Crippen molar-refractivity contribution in [3.8, 4) is 0 Å². The number of nitrogens with one attached hydrogen (secondary N) is 1. The van der Waals surface area contributed by atoms with Gasteiger partial charge in [0.25, 0.3) is 0 Å². The average Bonchev–Trinajstić information content (AvgIpc) is 2.86. The molecule has 0 saturated carbocycles. The molecule has 1 aromatic heterocycles. The van der Waals surface area contributed by atoms with Crippen LogP contribution in [0.25, 0.3) is 10.9 Å². The number of aromatic nitrogens is 1. The summed E-state index contributed by atoms with van der Waals surface area (Å²) in [4.78, 5) is 7.84. The largest absolute Gasteiger partial charge is 0.353 e. The normalized spacial score (nSPS) is 16.1. The first-order valence-electron chi connectivity index (χ1n) is 4.69. The molecule has 0 atom stereocenters. The molecule has 0 fully saturated rings. The second-order valence-electron chi connectivity index (χ2n) is 3.31. The molecule has 1 aliphatic rings. The van der Waals surface area contributed by atoms with Crippen LogP contribution in [0.5, 0.6) is 0 Å². The predicted octanol–water partition coefficient (Wildman–Crippen LogP) is 2.66. The van der Waals surface area contributed by atoms with Gasteiger partial charge < -0.3 is 4.98 Å². The first-order chi connectivity index (χ1) is 6.93. The minimum Gasteiger partial charge on any atom is -0.353 e. The number of para-hydroxylation sites is 1. The maximum absolute atomic E-state index is 4.45. The Morgan fingerprint density at radius 3 is 3.00 bits per heavy atom. The topological polar surface area (TPSA) is 28.1 Å². The molecule has 1 aliphatic heterocycles. The lowest BCUT2D eigenvalue weighted by molar-refractivity contribution is 1.17. The van der Waals surface area contributed by atoms with E-state index in [9.17, 15) is 0 Å². The number of thioether (sulfide) groups is 1. The second kappa shape index (κ2) is 3.17. The minimum absolute atomic E-state index is 0.954. The zero-order valence-electron chi connectivity index (χ0n) is 7.66. The lowest BCUT2D eigenvalue weighted by Gasteiger charge is -1.92. The Morgan fingerprint density at radius 2 is 2.21 bits per heavy atom. The van der Waals surface area contributed by atoms with Gasteiger partial charge in [-0.1, -0.05) is 18.2 Å². The van der Waals surface area contributed by atoms with Crippen LogP contribution in [0.1, 0.15) is 5.69 Å². The van der Waals surface area contributed by atoms with Gasteiger partial charge in [0, 0.05) is 23.2 Å².